The normalized spacial score (nSPS) is 12.0. The van der Waals surface area contributed by atoms with Crippen LogP contribution in [0.5, 0.6) is 0 Å². The molecule has 0 amide bonds. The Bertz CT molecular complexity index is 622. The molecule has 0 saturated carbocycles. The van der Waals surface area contributed by atoms with E-state index in [0.717, 1.165) is 12.8 Å². The van der Waals surface area contributed by atoms with E-state index in [1.54, 1.807) is 6.08 Å². The summed E-state index contributed by atoms with van der Waals surface area (Å²) in [4.78, 5) is 0. The number of hydrogen-bond acceptors (Lipinski definition) is 0. The minimum absolute atomic E-state index is 1.05. The first-order valence-electron chi connectivity index (χ1n) is 8.12. The van der Waals surface area contributed by atoms with Crippen molar-refractivity contribution in [1.29, 1.82) is 0 Å². The minimum Gasteiger partial charge on any atom is -0.0845 e. The molecule has 0 nitrogen and oxygen atoms in total. The number of unbranched alkanes of at least 4 members (excludes halogenated alkanes) is 4. The largest absolute Gasteiger partial charge is 0.0845 e. The first-order chi connectivity index (χ1) is 10.4. The Kier molecular flexibility index (Phi) is 4.55. The van der Waals surface area contributed by atoms with Crippen LogP contribution in [0.4, 0.5) is 0 Å². The Hall–Kier alpha value is -1.82. The van der Waals surface area contributed by atoms with Crippen molar-refractivity contribution in [3.8, 4) is 11.1 Å². The third-order valence-corrected chi connectivity index (χ3v) is 4.44. The summed E-state index contributed by atoms with van der Waals surface area (Å²) >= 11 is 0. The van der Waals surface area contributed by atoms with Gasteiger partial charge in [-0.2, -0.15) is 0 Å². The molecule has 1 aliphatic rings. The summed E-state index contributed by atoms with van der Waals surface area (Å²) in [5.74, 6) is 0. The van der Waals surface area contributed by atoms with E-state index in [4.69, 9.17) is 6.58 Å². The molecule has 0 spiro atoms. The van der Waals surface area contributed by atoms with Crippen molar-refractivity contribution in [2.45, 2.75) is 44.9 Å². The molecule has 0 fully saturated rings. The fourth-order valence-electron chi connectivity index (χ4n) is 3.30. The van der Waals surface area contributed by atoms with Gasteiger partial charge in [-0.1, -0.05) is 68.0 Å². The summed E-state index contributed by atoms with van der Waals surface area (Å²) < 4.78 is 0. The molecule has 0 N–H and O–H groups in total. The maximum atomic E-state index is 5.40. The smallest absolute Gasteiger partial charge is 0.00134 e. The van der Waals surface area contributed by atoms with Crippen molar-refractivity contribution in [3.05, 3.63) is 71.8 Å². The fourth-order valence-corrected chi connectivity index (χ4v) is 3.30. The second-order valence-electron chi connectivity index (χ2n) is 6.01. The van der Waals surface area contributed by atoms with E-state index in [-0.39, 0.29) is 0 Å². The molecule has 107 valence electrons. The molecule has 0 unspecified atom stereocenters. The van der Waals surface area contributed by atoms with Crippen LogP contribution >= 0.6 is 0 Å². The van der Waals surface area contributed by atoms with Gasteiger partial charge in [0.1, 0.15) is 0 Å². The quantitative estimate of drug-likeness (QED) is 0.482. The van der Waals surface area contributed by atoms with E-state index in [1.165, 1.54) is 59.9 Å². The number of hydrogen-bond donors (Lipinski definition) is 0. The minimum atomic E-state index is 1.05. The van der Waals surface area contributed by atoms with Gasteiger partial charge in [0.2, 0.25) is 0 Å². The lowest BCUT2D eigenvalue weighted by molar-refractivity contribution is 0.646. The molecule has 0 atom stereocenters. The van der Waals surface area contributed by atoms with E-state index in [0.29, 0.717) is 0 Å². The van der Waals surface area contributed by atoms with Crippen molar-refractivity contribution >= 4 is 0 Å². The van der Waals surface area contributed by atoms with Crippen LogP contribution in [0.2, 0.25) is 0 Å². The first kappa shape index (κ1) is 14.1. The highest BCUT2D eigenvalue weighted by molar-refractivity contribution is 5.76. The number of fused-ring (bicyclic) bond motifs is 3. The molecule has 3 rings (SSSR count). The summed E-state index contributed by atoms with van der Waals surface area (Å²) in [5, 5.41) is 0. The molecule has 0 heterocycles. The summed E-state index contributed by atoms with van der Waals surface area (Å²) in [6, 6.07) is 15.8. The van der Waals surface area contributed by atoms with Crippen molar-refractivity contribution in [2.24, 2.45) is 0 Å². The molecule has 0 heteroatoms. The maximum Gasteiger partial charge on any atom is -0.00134 e. The molecule has 0 saturated heterocycles. The highest BCUT2D eigenvalue weighted by Gasteiger charge is 2.17. The number of allylic oxidation sites excluding steroid dienone is 1. The van der Waals surface area contributed by atoms with Crippen LogP contribution in [0, 0.1) is 6.58 Å². The lowest BCUT2D eigenvalue weighted by Crippen LogP contribution is -1.89. The maximum absolute atomic E-state index is 5.40. The van der Waals surface area contributed by atoms with E-state index >= 15 is 0 Å². The first-order valence-corrected chi connectivity index (χ1v) is 8.12. The molecule has 2 aromatic rings. The Morgan fingerprint density at radius 3 is 2.57 bits per heavy atom. The van der Waals surface area contributed by atoms with Crippen LogP contribution in [-0.4, -0.2) is 0 Å². The van der Waals surface area contributed by atoms with Crippen LogP contribution in [0.25, 0.3) is 11.1 Å². The van der Waals surface area contributed by atoms with E-state index in [2.05, 4.69) is 42.5 Å². The van der Waals surface area contributed by atoms with Crippen molar-refractivity contribution in [2.75, 3.05) is 0 Å². The Balaban J connectivity index is 1.58. The molecule has 0 bridgehead atoms. The van der Waals surface area contributed by atoms with Gasteiger partial charge in [0.15, 0.2) is 0 Å². The predicted octanol–water partition coefficient (Wildman–Crippen LogP) is 5.74. The average molecular weight is 275 g/mol. The molecule has 1 radical (unpaired) electrons. The van der Waals surface area contributed by atoms with Gasteiger partial charge in [-0.15, -0.1) is 0 Å². The van der Waals surface area contributed by atoms with E-state index in [1.807, 2.05) is 0 Å². The molecular weight excluding hydrogens is 252 g/mol. The second kappa shape index (κ2) is 6.76. The lowest BCUT2D eigenvalue weighted by Gasteiger charge is -2.05. The summed E-state index contributed by atoms with van der Waals surface area (Å²) in [6.07, 6.45) is 10.3. The van der Waals surface area contributed by atoms with Crippen LogP contribution in [0.15, 0.2) is 48.5 Å². The van der Waals surface area contributed by atoms with Crippen LogP contribution < -0.4 is 0 Å². The third kappa shape index (κ3) is 3.26. The van der Waals surface area contributed by atoms with Crippen molar-refractivity contribution < 1.29 is 0 Å². The zero-order valence-corrected chi connectivity index (χ0v) is 12.6. The number of rotatable bonds is 7. The highest BCUT2D eigenvalue weighted by atomic mass is 14.2. The fraction of sp³-hybridized carbons (Fsp3) is 0.333. The Morgan fingerprint density at radius 1 is 0.857 bits per heavy atom. The molecular formula is C21H23. The predicted molar refractivity (Wildman–Crippen MR) is 90.3 cm³/mol. The highest BCUT2D eigenvalue weighted by Crippen LogP contribution is 2.36. The Labute approximate surface area is 128 Å². The van der Waals surface area contributed by atoms with Gasteiger partial charge in [-0.25, -0.2) is 0 Å². The van der Waals surface area contributed by atoms with Gasteiger partial charge in [0.25, 0.3) is 0 Å². The van der Waals surface area contributed by atoms with Crippen molar-refractivity contribution in [3.63, 3.8) is 0 Å². The lowest BCUT2D eigenvalue weighted by atomic mass is 10.00. The standard InChI is InChI=1S/C21H23/c1-2-3-4-5-6-7-10-17-13-14-21-19(15-17)16-18-11-8-9-12-20(18)21/h1-2,8-9,11-15H,3-7,10,16H2. The third-order valence-electron chi connectivity index (χ3n) is 4.44. The average Bonchev–Trinajstić information content (AvgIpc) is 2.88. The number of benzene rings is 2. The summed E-state index contributed by atoms with van der Waals surface area (Å²) in [5.41, 5.74) is 7.34. The van der Waals surface area contributed by atoms with Gasteiger partial charge in [-0.3, -0.25) is 0 Å². The molecule has 0 aliphatic heterocycles. The SMILES string of the molecule is [CH]=CCCCCCCc1ccc2c(c1)Cc1ccccc1-2. The van der Waals surface area contributed by atoms with Gasteiger partial charge >= 0.3 is 0 Å². The van der Waals surface area contributed by atoms with E-state index < -0.39 is 0 Å². The zero-order chi connectivity index (χ0) is 14.5. The van der Waals surface area contributed by atoms with E-state index in [9.17, 15) is 0 Å². The van der Waals surface area contributed by atoms with Gasteiger partial charge in [0.05, 0.1) is 0 Å². The molecule has 0 aromatic heterocycles. The molecule has 1 aliphatic carbocycles. The monoisotopic (exact) mass is 275 g/mol. The van der Waals surface area contributed by atoms with Crippen LogP contribution in [-0.2, 0) is 12.8 Å². The molecule has 2 aromatic carbocycles. The summed E-state index contributed by atoms with van der Waals surface area (Å²) in [7, 11) is 0. The second-order valence-corrected chi connectivity index (χ2v) is 6.01. The van der Waals surface area contributed by atoms with Crippen LogP contribution in [0.1, 0.15) is 48.8 Å². The topological polar surface area (TPSA) is 0 Å². The van der Waals surface area contributed by atoms with Gasteiger partial charge in [-0.05, 0) is 59.9 Å². The zero-order valence-electron chi connectivity index (χ0n) is 12.6. The Morgan fingerprint density at radius 2 is 1.67 bits per heavy atom. The van der Waals surface area contributed by atoms with Crippen molar-refractivity contribution in [1.82, 2.24) is 0 Å². The summed E-state index contributed by atoms with van der Waals surface area (Å²) in [6.45, 7) is 5.40. The van der Waals surface area contributed by atoms with Gasteiger partial charge in [0, 0.05) is 0 Å². The number of aryl methyl sites for hydroxylation is 1. The van der Waals surface area contributed by atoms with Crippen LogP contribution in [0.3, 0.4) is 0 Å². The molecule has 21 heavy (non-hydrogen) atoms. The van der Waals surface area contributed by atoms with Gasteiger partial charge < -0.3 is 0 Å².